The number of thiophene rings is 1. The minimum absolute atomic E-state index is 0.0217. The first-order valence-corrected chi connectivity index (χ1v) is 9.52. The molecule has 1 aromatic carbocycles. The highest BCUT2D eigenvalue weighted by atomic mass is 32.2. The van der Waals surface area contributed by atoms with E-state index in [2.05, 4.69) is 10.2 Å². The molecule has 1 aliphatic heterocycles. The first-order valence-electron chi connectivity index (χ1n) is 7.76. The third kappa shape index (κ3) is 3.11. The summed E-state index contributed by atoms with van der Waals surface area (Å²) < 4.78 is 6.87. The van der Waals surface area contributed by atoms with Gasteiger partial charge in [-0.15, -0.1) is 21.5 Å². The van der Waals surface area contributed by atoms with Gasteiger partial charge in [0.2, 0.25) is 5.16 Å². The maximum absolute atomic E-state index is 11.3. The molecule has 3 heterocycles. The summed E-state index contributed by atoms with van der Waals surface area (Å²) in [5.74, 6) is 0.499. The number of hydrogen-bond donors (Lipinski definition) is 1. The first-order chi connectivity index (χ1) is 12.7. The van der Waals surface area contributed by atoms with Gasteiger partial charge >= 0.3 is 5.97 Å². The quantitative estimate of drug-likeness (QED) is 0.724. The van der Waals surface area contributed by atoms with E-state index in [9.17, 15) is 9.90 Å². The Bertz CT molecular complexity index is 965. The van der Waals surface area contributed by atoms with Gasteiger partial charge in [-0.05, 0) is 35.7 Å². The first kappa shape index (κ1) is 16.8. The maximum atomic E-state index is 11.3. The Morgan fingerprint density at radius 1 is 1.27 bits per heavy atom. The summed E-state index contributed by atoms with van der Waals surface area (Å²) in [7, 11) is 1.62. The van der Waals surface area contributed by atoms with Crippen LogP contribution in [-0.4, -0.2) is 44.0 Å². The molecule has 0 saturated carbocycles. The van der Waals surface area contributed by atoms with E-state index in [4.69, 9.17) is 9.84 Å². The Balaban J connectivity index is 1.78. The van der Waals surface area contributed by atoms with E-state index < -0.39 is 5.97 Å². The van der Waals surface area contributed by atoms with Crippen molar-refractivity contribution in [3.8, 4) is 17.1 Å². The van der Waals surface area contributed by atoms with Gasteiger partial charge in [-0.3, -0.25) is 4.79 Å². The second-order valence-electron chi connectivity index (χ2n) is 5.51. The van der Waals surface area contributed by atoms with Gasteiger partial charge < -0.3 is 9.84 Å². The molecule has 1 atom stereocenters. The number of aromatic nitrogens is 3. The van der Waals surface area contributed by atoms with Gasteiger partial charge in [0.1, 0.15) is 5.75 Å². The van der Waals surface area contributed by atoms with E-state index in [0.717, 1.165) is 21.9 Å². The molecular weight excluding hydrogens is 372 g/mol. The summed E-state index contributed by atoms with van der Waals surface area (Å²) in [4.78, 5) is 12.2. The van der Waals surface area contributed by atoms with Crippen molar-refractivity contribution < 1.29 is 14.6 Å². The van der Waals surface area contributed by atoms with Crippen molar-refractivity contribution in [3.05, 3.63) is 46.7 Å². The minimum atomic E-state index is -0.866. The summed E-state index contributed by atoms with van der Waals surface area (Å²) in [5, 5.41) is 24.6. The molecule has 0 saturated heterocycles. The number of rotatable bonds is 5. The molecule has 9 heteroatoms. The number of carboxylic acid groups (broad SMARTS) is 1. The highest BCUT2D eigenvalue weighted by Gasteiger charge is 2.31. The Kier molecular flexibility index (Phi) is 4.48. The van der Waals surface area contributed by atoms with Crippen LogP contribution in [0.3, 0.4) is 0 Å². The molecule has 0 radical (unpaired) electrons. The van der Waals surface area contributed by atoms with Crippen LogP contribution in [0.2, 0.25) is 0 Å². The molecule has 0 spiro atoms. The molecule has 0 fully saturated rings. The number of ether oxygens (including phenoxy) is 1. The minimum Gasteiger partial charge on any atom is -0.497 e. The fraction of sp³-hybridized carbons (Fsp3) is 0.176. The lowest BCUT2D eigenvalue weighted by Gasteiger charge is -2.21. The summed E-state index contributed by atoms with van der Waals surface area (Å²) in [6.45, 7) is 0. The predicted molar refractivity (Wildman–Crippen MR) is 100 cm³/mol. The van der Waals surface area contributed by atoms with Crippen LogP contribution in [-0.2, 0) is 4.79 Å². The number of aliphatic carboxylic acids is 1. The zero-order chi connectivity index (χ0) is 18.1. The highest BCUT2D eigenvalue weighted by Crippen LogP contribution is 2.35. The Morgan fingerprint density at radius 3 is 2.73 bits per heavy atom. The molecule has 4 rings (SSSR count). The van der Waals surface area contributed by atoms with Crippen LogP contribution in [0.25, 0.3) is 11.4 Å². The van der Waals surface area contributed by atoms with Crippen LogP contribution < -0.4 is 4.74 Å². The van der Waals surface area contributed by atoms with Crippen molar-refractivity contribution >= 4 is 34.8 Å². The van der Waals surface area contributed by atoms with E-state index >= 15 is 0 Å². The van der Waals surface area contributed by atoms with Crippen molar-refractivity contribution in [1.82, 2.24) is 14.9 Å². The summed E-state index contributed by atoms with van der Waals surface area (Å²) in [6, 6.07) is 11.4. The zero-order valence-corrected chi connectivity index (χ0v) is 15.3. The number of hydrogen-bond acceptors (Lipinski definition) is 7. The van der Waals surface area contributed by atoms with Crippen LogP contribution in [0.15, 0.2) is 52.0 Å². The number of benzene rings is 1. The van der Waals surface area contributed by atoms with Gasteiger partial charge in [0.15, 0.2) is 5.82 Å². The largest absolute Gasteiger partial charge is 0.497 e. The van der Waals surface area contributed by atoms with Gasteiger partial charge in [0.25, 0.3) is 0 Å². The van der Waals surface area contributed by atoms with Crippen molar-refractivity contribution in [2.75, 3.05) is 7.11 Å². The molecule has 0 aliphatic carbocycles. The number of carbonyl (C=O) groups is 1. The second-order valence-corrected chi connectivity index (χ2v) is 7.63. The van der Waals surface area contributed by atoms with Crippen molar-refractivity contribution in [1.29, 1.82) is 0 Å². The van der Waals surface area contributed by atoms with Crippen LogP contribution in [0, 0.1) is 0 Å². The molecular formula is C17H14N4O3S2. The number of thioether (sulfide) groups is 1. The zero-order valence-electron chi connectivity index (χ0n) is 13.7. The Morgan fingerprint density at radius 2 is 2.08 bits per heavy atom. The number of carboxylic acids is 1. The van der Waals surface area contributed by atoms with Gasteiger partial charge in [0, 0.05) is 5.56 Å². The van der Waals surface area contributed by atoms with Crippen LogP contribution in [0.4, 0.5) is 0 Å². The van der Waals surface area contributed by atoms with E-state index in [1.54, 1.807) is 11.8 Å². The molecule has 132 valence electrons. The number of nitrogens with zero attached hydrogens (tertiary/aromatic N) is 4. The summed E-state index contributed by atoms with van der Waals surface area (Å²) in [5.41, 5.74) is 1.59. The molecule has 1 N–H and O–H groups in total. The molecule has 2 aromatic heterocycles. The number of fused-ring (bicyclic) bond motifs is 1. The normalized spacial score (nSPS) is 16.0. The average Bonchev–Trinajstić information content (AvgIpc) is 3.30. The average molecular weight is 386 g/mol. The SMILES string of the molecule is COc1ccc(-c2nnc3n2N=C(c2cccs2)[C@@H](CC(=O)O)S3)cc1. The van der Waals surface area contributed by atoms with Crippen LogP contribution >= 0.6 is 23.1 Å². The lowest BCUT2D eigenvalue weighted by atomic mass is 10.1. The fourth-order valence-electron chi connectivity index (χ4n) is 2.63. The standard InChI is InChI=1S/C17H14N4O3S2/c1-24-11-6-4-10(5-7-11)16-18-19-17-21(16)20-15(12-3-2-8-25-12)13(26-17)9-14(22)23/h2-8,13H,9H2,1H3,(H,22,23)/t13-/m1/s1. The molecule has 3 aromatic rings. The number of methoxy groups -OCH3 is 1. The van der Waals surface area contributed by atoms with E-state index in [1.165, 1.54) is 23.1 Å². The van der Waals surface area contributed by atoms with Gasteiger partial charge in [0.05, 0.1) is 29.4 Å². The smallest absolute Gasteiger partial charge is 0.304 e. The fourth-order valence-corrected chi connectivity index (χ4v) is 4.55. The van der Waals surface area contributed by atoms with Crippen molar-refractivity contribution in [2.45, 2.75) is 16.8 Å². The van der Waals surface area contributed by atoms with Gasteiger partial charge in [-0.2, -0.15) is 9.78 Å². The lowest BCUT2D eigenvalue weighted by molar-refractivity contribution is -0.136. The third-order valence-electron chi connectivity index (χ3n) is 3.85. The van der Waals surface area contributed by atoms with Gasteiger partial charge in [-0.1, -0.05) is 17.8 Å². The molecule has 1 aliphatic rings. The second kappa shape index (κ2) is 6.93. The van der Waals surface area contributed by atoms with E-state index in [1.807, 2.05) is 41.8 Å². The van der Waals surface area contributed by atoms with Crippen LogP contribution in [0.1, 0.15) is 11.3 Å². The third-order valence-corrected chi connectivity index (χ3v) is 5.89. The molecule has 0 bridgehead atoms. The van der Waals surface area contributed by atoms with Gasteiger partial charge in [-0.25, -0.2) is 0 Å². The van der Waals surface area contributed by atoms with Crippen LogP contribution in [0.5, 0.6) is 5.75 Å². The van der Waals surface area contributed by atoms with E-state index in [-0.39, 0.29) is 11.7 Å². The molecule has 0 unspecified atom stereocenters. The maximum Gasteiger partial charge on any atom is 0.304 e. The van der Waals surface area contributed by atoms with E-state index in [0.29, 0.717) is 11.0 Å². The Hall–Kier alpha value is -2.65. The molecule has 7 nitrogen and oxygen atoms in total. The topological polar surface area (TPSA) is 89.6 Å². The summed E-state index contributed by atoms with van der Waals surface area (Å²) >= 11 is 2.91. The van der Waals surface area contributed by atoms with Crippen molar-refractivity contribution in [3.63, 3.8) is 0 Å². The lowest BCUT2D eigenvalue weighted by Crippen LogP contribution is -2.26. The highest BCUT2D eigenvalue weighted by molar-refractivity contribution is 8.00. The Labute approximate surface area is 157 Å². The van der Waals surface area contributed by atoms with Crippen molar-refractivity contribution in [2.24, 2.45) is 5.10 Å². The predicted octanol–water partition coefficient (Wildman–Crippen LogP) is 3.22. The molecule has 26 heavy (non-hydrogen) atoms. The molecule has 0 amide bonds. The monoisotopic (exact) mass is 386 g/mol. The summed E-state index contributed by atoms with van der Waals surface area (Å²) in [6.07, 6.45) is -0.0217.